The van der Waals surface area contributed by atoms with Gasteiger partial charge >= 0.3 is 11.9 Å². The first-order chi connectivity index (χ1) is 16.1. The summed E-state index contributed by atoms with van der Waals surface area (Å²) in [7, 11) is 0. The normalized spacial score (nSPS) is 13.6. The summed E-state index contributed by atoms with van der Waals surface area (Å²) in [5.41, 5.74) is 3.45. The van der Waals surface area contributed by atoms with E-state index in [1.807, 2.05) is 35.8 Å². The Bertz CT molecular complexity index is 1270. The van der Waals surface area contributed by atoms with Crippen LogP contribution in [0.5, 0.6) is 0 Å². The van der Waals surface area contributed by atoms with Gasteiger partial charge in [-0.15, -0.1) is 0 Å². The molecule has 0 bridgehead atoms. The van der Waals surface area contributed by atoms with E-state index in [1.165, 1.54) is 0 Å². The fourth-order valence-electron chi connectivity index (χ4n) is 3.78. The fourth-order valence-corrected chi connectivity index (χ4v) is 3.78. The molecule has 6 heteroatoms. The van der Waals surface area contributed by atoms with Crippen molar-refractivity contribution in [1.82, 2.24) is 9.55 Å². The van der Waals surface area contributed by atoms with E-state index in [1.54, 1.807) is 49.4 Å². The van der Waals surface area contributed by atoms with Gasteiger partial charge in [-0.2, -0.15) is 0 Å². The maximum Gasteiger partial charge on any atom is 0.343 e. The zero-order chi connectivity index (χ0) is 23.2. The van der Waals surface area contributed by atoms with Gasteiger partial charge in [0.25, 0.3) is 0 Å². The smallest absolute Gasteiger partial charge is 0.343 e. The number of nitrogens with zero attached hydrogens (tertiary/aromatic N) is 2. The third-order valence-electron chi connectivity index (χ3n) is 5.41. The van der Waals surface area contributed by atoms with E-state index >= 15 is 0 Å². The molecule has 0 spiro atoms. The number of esters is 2. The minimum atomic E-state index is -0.416. The van der Waals surface area contributed by atoms with Crippen molar-refractivity contribution >= 4 is 29.0 Å². The number of rotatable bonds is 7. The Balaban J connectivity index is 1.76. The van der Waals surface area contributed by atoms with Crippen molar-refractivity contribution < 1.29 is 19.1 Å². The van der Waals surface area contributed by atoms with Gasteiger partial charge in [-0.1, -0.05) is 36.4 Å². The first kappa shape index (κ1) is 22.3. The van der Waals surface area contributed by atoms with Gasteiger partial charge in [0.05, 0.1) is 28.8 Å². The molecule has 0 saturated carbocycles. The summed E-state index contributed by atoms with van der Waals surface area (Å²) >= 11 is 0. The highest BCUT2D eigenvalue weighted by molar-refractivity contribution is 5.94. The minimum absolute atomic E-state index is 0.313. The van der Waals surface area contributed by atoms with Crippen LogP contribution in [0, 0.1) is 0 Å². The number of fused-ring (bicyclic) bond motifs is 1. The zero-order valence-electron chi connectivity index (χ0n) is 18.8. The molecule has 0 aliphatic heterocycles. The molecule has 1 aromatic heterocycles. The molecule has 2 aromatic carbocycles. The van der Waals surface area contributed by atoms with E-state index in [0.29, 0.717) is 41.4 Å². The largest absolute Gasteiger partial charge is 0.462 e. The van der Waals surface area contributed by atoms with Crippen LogP contribution in [-0.4, -0.2) is 28.1 Å². The van der Waals surface area contributed by atoms with Gasteiger partial charge < -0.3 is 14.0 Å². The SMILES string of the molecule is CCOC(=O)c1ccc2c(c1)nc(C=C(OC(=O)c1ccccc1)C1=CC=CCC1)n2CC. The molecule has 3 aromatic rings. The Morgan fingerprint density at radius 3 is 2.58 bits per heavy atom. The van der Waals surface area contributed by atoms with Crippen molar-refractivity contribution in [3.63, 3.8) is 0 Å². The van der Waals surface area contributed by atoms with Crippen LogP contribution in [-0.2, 0) is 16.0 Å². The molecular formula is C27H26N2O4. The molecule has 168 valence electrons. The van der Waals surface area contributed by atoms with Crippen LogP contribution in [0.4, 0.5) is 0 Å². The average molecular weight is 443 g/mol. The summed E-state index contributed by atoms with van der Waals surface area (Å²) in [6, 6.07) is 14.3. The lowest BCUT2D eigenvalue weighted by molar-refractivity contribution is 0.0525. The van der Waals surface area contributed by atoms with Crippen LogP contribution in [0.15, 0.2) is 78.1 Å². The highest BCUT2D eigenvalue weighted by Crippen LogP contribution is 2.27. The number of hydrogen-bond acceptors (Lipinski definition) is 5. The summed E-state index contributed by atoms with van der Waals surface area (Å²) in [6.07, 6.45) is 9.46. The van der Waals surface area contributed by atoms with E-state index in [0.717, 1.165) is 23.9 Å². The first-order valence-corrected chi connectivity index (χ1v) is 11.1. The molecule has 0 fully saturated rings. The first-order valence-electron chi connectivity index (χ1n) is 11.1. The van der Waals surface area contributed by atoms with Crippen molar-refractivity contribution in [2.24, 2.45) is 0 Å². The van der Waals surface area contributed by atoms with Crippen LogP contribution in [0.3, 0.4) is 0 Å². The lowest BCUT2D eigenvalue weighted by atomic mass is 10.0. The molecule has 33 heavy (non-hydrogen) atoms. The number of benzene rings is 2. The lowest BCUT2D eigenvalue weighted by Gasteiger charge is -2.14. The van der Waals surface area contributed by atoms with Crippen LogP contribution < -0.4 is 0 Å². The van der Waals surface area contributed by atoms with Gasteiger partial charge in [-0.3, -0.25) is 0 Å². The van der Waals surface area contributed by atoms with Crippen LogP contribution >= 0.6 is 0 Å². The highest BCUT2D eigenvalue weighted by atomic mass is 16.5. The van der Waals surface area contributed by atoms with Crippen molar-refractivity contribution in [3.05, 3.63) is 95.0 Å². The Kier molecular flexibility index (Phi) is 6.83. The minimum Gasteiger partial charge on any atom is -0.462 e. The third kappa shape index (κ3) is 4.95. The molecule has 0 unspecified atom stereocenters. The Labute approximate surface area is 192 Å². The molecule has 1 heterocycles. The molecule has 0 atom stereocenters. The second kappa shape index (κ2) is 10.1. The number of ether oxygens (including phenoxy) is 2. The predicted octanol–water partition coefficient (Wildman–Crippen LogP) is 5.71. The molecule has 0 N–H and O–H groups in total. The van der Waals surface area contributed by atoms with E-state index in [2.05, 4.69) is 6.08 Å². The van der Waals surface area contributed by atoms with E-state index < -0.39 is 5.97 Å². The second-order valence-electron chi connectivity index (χ2n) is 7.56. The van der Waals surface area contributed by atoms with Crippen molar-refractivity contribution in [3.8, 4) is 0 Å². The molecule has 1 aliphatic rings. The topological polar surface area (TPSA) is 70.4 Å². The average Bonchev–Trinajstić information content (AvgIpc) is 3.21. The number of aromatic nitrogens is 2. The molecule has 0 amide bonds. The molecule has 0 saturated heterocycles. The van der Waals surface area contributed by atoms with Gasteiger partial charge in [0.15, 0.2) is 0 Å². The number of aryl methyl sites for hydroxylation is 1. The van der Waals surface area contributed by atoms with E-state index in [4.69, 9.17) is 14.5 Å². The van der Waals surface area contributed by atoms with Gasteiger partial charge in [0.1, 0.15) is 11.6 Å². The summed E-state index contributed by atoms with van der Waals surface area (Å²) in [6.45, 7) is 4.78. The van der Waals surface area contributed by atoms with E-state index in [-0.39, 0.29) is 5.97 Å². The van der Waals surface area contributed by atoms with Crippen molar-refractivity contribution in [2.45, 2.75) is 33.2 Å². The van der Waals surface area contributed by atoms with Gasteiger partial charge in [0, 0.05) is 12.6 Å². The number of carbonyl (C=O) groups is 2. The molecule has 4 rings (SSSR count). The molecular weight excluding hydrogens is 416 g/mol. The maximum atomic E-state index is 12.8. The number of carbonyl (C=O) groups excluding carboxylic acids is 2. The van der Waals surface area contributed by atoms with Gasteiger partial charge in [-0.05, 0) is 62.6 Å². The quantitative estimate of drug-likeness (QED) is 0.346. The predicted molar refractivity (Wildman–Crippen MR) is 128 cm³/mol. The van der Waals surface area contributed by atoms with E-state index in [9.17, 15) is 9.59 Å². The summed E-state index contributed by atoms with van der Waals surface area (Å²) in [4.78, 5) is 29.7. The second-order valence-corrected chi connectivity index (χ2v) is 7.56. The Morgan fingerprint density at radius 2 is 1.88 bits per heavy atom. The van der Waals surface area contributed by atoms with Crippen molar-refractivity contribution in [2.75, 3.05) is 6.61 Å². The highest BCUT2D eigenvalue weighted by Gasteiger charge is 2.18. The Morgan fingerprint density at radius 1 is 1.06 bits per heavy atom. The Hall–Kier alpha value is -3.93. The lowest BCUT2D eigenvalue weighted by Crippen LogP contribution is -2.08. The summed E-state index contributed by atoms with van der Waals surface area (Å²) in [5.74, 6) is 0.337. The molecule has 6 nitrogen and oxygen atoms in total. The summed E-state index contributed by atoms with van der Waals surface area (Å²) in [5, 5.41) is 0. The maximum absolute atomic E-state index is 12.8. The number of allylic oxidation sites excluding steroid dienone is 4. The molecule has 1 aliphatic carbocycles. The standard InChI is InChI=1S/C27H26N2O4/c1-3-29-23-16-15-21(26(30)32-4-2)17-22(23)28-25(29)18-24(19-11-7-5-8-12-19)33-27(31)20-13-9-6-10-14-20/h5-7,9-11,13-18H,3-4,8,12H2,1-2H3. The third-order valence-corrected chi connectivity index (χ3v) is 5.41. The monoisotopic (exact) mass is 442 g/mol. The van der Waals surface area contributed by atoms with Crippen LogP contribution in [0.2, 0.25) is 0 Å². The van der Waals surface area contributed by atoms with Crippen LogP contribution in [0.25, 0.3) is 17.1 Å². The number of hydrogen-bond donors (Lipinski definition) is 0. The van der Waals surface area contributed by atoms with Gasteiger partial charge in [-0.25, -0.2) is 14.6 Å². The number of imidazole rings is 1. The fraction of sp³-hybridized carbons (Fsp3) is 0.222. The van der Waals surface area contributed by atoms with Gasteiger partial charge in [0.2, 0.25) is 0 Å². The van der Waals surface area contributed by atoms with Crippen molar-refractivity contribution in [1.29, 1.82) is 0 Å². The zero-order valence-corrected chi connectivity index (χ0v) is 18.8. The molecule has 0 radical (unpaired) electrons. The summed E-state index contributed by atoms with van der Waals surface area (Å²) < 4.78 is 13.0. The van der Waals surface area contributed by atoms with Crippen LogP contribution in [0.1, 0.15) is 53.2 Å².